The molecule has 0 aliphatic carbocycles. The number of nitrogens with one attached hydrogen (secondary N) is 1. The summed E-state index contributed by atoms with van der Waals surface area (Å²) < 4.78 is 0. The van der Waals surface area contributed by atoms with Gasteiger partial charge in [-0.25, -0.2) is 0 Å². The highest BCUT2D eigenvalue weighted by atomic mass is 14.9. The quantitative estimate of drug-likeness (QED) is 0.591. The summed E-state index contributed by atoms with van der Waals surface area (Å²) in [6, 6.07) is 1.31. The second-order valence-corrected chi connectivity index (χ2v) is 2.63. The van der Waals surface area contributed by atoms with Gasteiger partial charge in [-0.15, -0.1) is 0 Å². The second kappa shape index (κ2) is 3.90. The maximum Gasteiger partial charge on any atom is 0.00384 e. The highest BCUT2D eigenvalue weighted by Crippen LogP contribution is 1.89. The van der Waals surface area contributed by atoms with Gasteiger partial charge >= 0.3 is 0 Å². The van der Waals surface area contributed by atoms with E-state index in [0.29, 0.717) is 12.1 Å². The highest BCUT2D eigenvalue weighted by Gasteiger charge is 1.97. The van der Waals surface area contributed by atoms with E-state index in [-0.39, 0.29) is 0 Å². The maximum absolute atomic E-state index is 3.39. The van der Waals surface area contributed by atoms with Crippen LogP contribution in [0.1, 0.15) is 34.1 Å². The van der Waals surface area contributed by atoms with Crippen LogP contribution >= 0.6 is 0 Å². The summed E-state index contributed by atoms with van der Waals surface area (Å²) in [7, 11) is 0. The summed E-state index contributed by atoms with van der Waals surface area (Å²) in [5.74, 6) is 0. The second-order valence-electron chi connectivity index (χ2n) is 2.63. The Kier molecular flexibility index (Phi) is 3.88. The Hall–Kier alpha value is -0.0400. The van der Waals surface area contributed by atoms with Crippen molar-refractivity contribution in [2.24, 2.45) is 0 Å². The van der Waals surface area contributed by atoms with Crippen LogP contribution in [0.2, 0.25) is 0 Å². The Morgan fingerprint density at radius 2 is 1.75 bits per heavy atom. The summed E-state index contributed by atoms with van der Waals surface area (Å²) >= 11 is 0. The molecule has 0 heterocycles. The van der Waals surface area contributed by atoms with Gasteiger partial charge in [0.05, 0.1) is 0 Å². The van der Waals surface area contributed by atoms with Gasteiger partial charge in [0.1, 0.15) is 0 Å². The third kappa shape index (κ3) is 4.13. The molecule has 0 saturated heterocycles. The zero-order chi connectivity index (χ0) is 6.57. The van der Waals surface area contributed by atoms with E-state index in [4.69, 9.17) is 0 Å². The van der Waals surface area contributed by atoms with Crippen LogP contribution in [0.15, 0.2) is 0 Å². The Balaban J connectivity index is 3.10. The van der Waals surface area contributed by atoms with Gasteiger partial charge in [-0.1, -0.05) is 20.8 Å². The monoisotopic (exact) mass is 115 g/mol. The van der Waals surface area contributed by atoms with Crippen molar-refractivity contribution < 1.29 is 0 Å². The molecule has 0 aromatic rings. The number of hydrogen-bond donors (Lipinski definition) is 1. The van der Waals surface area contributed by atoms with Crippen molar-refractivity contribution in [1.29, 1.82) is 0 Å². The van der Waals surface area contributed by atoms with Crippen LogP contribution in [0.25, 0.3) is 0 Å². The first kappa shape index (κ1) is 7.96. The maximum atomic E-state index is 3.39. The average Bonchev–Trinajstić information content (AvgIpc) is 1.65. The molecule has 0 rings (SSSR count). The first-order valence-corrected chi connectivity index (χ1v) is 3.42. The summed E-state index contributed by atoms with van der Waals surface area (Å²) in [5, 5.41) is 3.39. The van der Waals surface area contributed by atoms with Gasteiger partial charge in [0.25, 0.3) is 0 Å². The minimum atomic E-state index is 0.630. The SMILES string of the molecule is CC[C@@H](C)NC(C)C. The minimum Gasteiger partial charge on any atom is -0.312 e. The molecule has 0 spiro atoms. The molecule has 0 aromatic carbocycles. The van der Waals surface area contributed by atoms with Crippen LogP contribution in [0.3, 0.4) is 0 Å². The van der Waals surface area contributed by atoms with E-state index in [1.807, 2.05) is 0 Å². The van der Waals surface area contributed by atoms with Crippen molar-refractivity contribution in [3.63, 3.8) is 0 Å². The van der Waals surface area contributed by atoms with Gasteiger partial charge in [-0.05, 0) is 13.3 Å². The van der Waals surface area contributed by atoms with E-state index in [1.165, 1.54) is 6.42 Å². The van der Waals surface area contributed by atoms with Crippen LogP contribution in [0.4, 0.5) is 0 Å². The van der Waals surface area contributed by atoms with Gasteiger partial charge in [0, 0.05) is 12.1 Å². The zero-order valence-electron chi connectivity index (χ0n) is 6.36. The van der Waals surface area contributed by atoms with E-state index in [2.05, 4.69) is 33.0 Å². The largest absolute Gasteiger partial charge is 0.312 e. The molecule has 0 aliphatic rings. The van der Waals surface area contributed by atoms with E-state index in [1.54, 1.807) is 0 Å². The van der Waals surface area contributed by atoms with Crippen LogP contribution < -0.4 is 5.32 Å². The summed E-state index contributed by atoms with van der Waals surface area (Å²) in [4.78, 5) is 0. The molecule has 0 saturated carbocycles. The predicted molar refractivity (Wildman–Crippen MR) is 38.0 cm³/mol. The summed E-state index contributed by atoms with van der Waals surface area (Å²) in [6.45, 7) is 8.75. The number of hydrogen-bond acceptors (Lipinski definition) is 1. The lowest BCUT2D eigenvalue weighted by Crippen LogP contribution is -2.31. The third-order valence-corrected chi connectivity index (χ3v) is 1.23. The first-order valence-electron chi connectivity index (χ1n) is 3.42. The lowest BCUT2D eigenvalue weighted by molar-refractivity contribution is 0.479. The van der Waals surface area contributed by atoms with Gasteiger partial charge in [0.15, 0.2) is 0 Å². The smallest absolute Gasteiger partial charge is 0.00384 e. The van der Waals surface area contributed by atoms with Crippen molar-refractivity contribution >= 4 is 0 Å². The van der Waals surface area contributed by atoms with Crippen molar-refractivity contribution in [3.8, 4) is 0 Å². The Labute approximate surface area is 52.5 Å². The zero-order valence-corrected chi connectivity index (χ0v) is 6.36. The van der Waals surface area contributed by atoms with E-state index < -0.39 is 0 Å². The van der Waals surface area contributed by atoms with Crippen molar-refractivity contribution in [2.45, 2.75) is 46.2 Å². The standard InChI is InChI=1S/C7H17N/c1-5-7(4)8-6(2)3/h6-8H,5H2,1-4H3/t7-/m1/s1. The van der Waals surface area contributed by atoms with Gasteiger partial charge in [-0.2, -0.15) is 0 Å². The van der Waals surface area contributed by atoms with Crippen molar-refractivity contribution in [3.05, 3.63) is 0 Å². The molecule has 0 aliphatic heterocycles. The molecular formula is C7H17N. The molecule has 0 radical (unpaired) electrons. The van der Waals surface area contributed by atoms with E-state index >= 15 is 0 Å². The topological polar surface area (TPSA) is 12.0 Å². The van der Waals surface area contributed by atoms with Gasteiger partial charge < -0.3 is 5.32 Å². The summed E-state index contributed by atoms with van der Waals surface area (Å²) in [5.41, 5.74) is 0. The van der Waals surface area contributed by atoms with Crippen molar-refractivity contribution in [2.75, 3.05) is 0 Å². The minimum absolute atomic E-state index is 0.630. The van der Waals surface area contributed by atoms with E-state index in [9.17, 15) is 0 Å². The lowest BCUT2D eigenvalue weighted by Gasteiger charge is -2.13. The highest BCUT2D eigenvalue weighted by molar-refractivity contribution is 4.60. The molecular weight excluding hydrogens is 98.1 g/mol. The fourth-order valence-corrected chi connectivity index (χ4v) is 0.687. The molecule has 1 nitrogen and oxygen atoms in total. The molecule has 0 aromatic heterocycles. The van der Waals surface area contributed by atoms with Crippen molar-refractivity contribution in [1.82, 2.24) is 5.32 Å². The fraction of sp³-hybridized carbons (Fsp3) is 1.00. The molecule has 0 fully saturated rings. The molecule has 0 bridgehead atoms. The average molecular weight is 115 g/mol. The van der Waals surface area contributed by atoms with Gasteiger partial charge in [-0.3, -0.25) is 0 Å². The van der Waals surface area contributed by atoms with Crippen LogP contribution in [-0.4, -0.2) is 12.1 Å². The predicted octanol–water partition coefficient (Wildman–Crippen LogP) is 1.78. The Morgan fingerprint density at radius 1 is 1.25 bits per heavy atom. The normalized spacial score (nSPS) is 14.6. The van der Waals surface area contributed by atoms with Crippen LogP contribution in [0.5, 0.6) is 0 Å². The molecule has 1 N–H and O–H groups in total. The van der Waals surface area contributed by atoms with Crippen LogP contribution in [-0.2, 0) is 0 Å². The Morgan fingerprint density at radius 3 is 1.88 bits per heavy atom. The molecule has 0 amide bonds. The lowest BCUT2D eigenvalue weighted by atomic mass is 10.2. The number of rotatable bonds is 3. The van der Waals surface area contributed by atoms with Crippen LogP contribution in [0, 0.1) is 0 Å². The third-order valence-electron chi connectivity index (χ3n) is 1.23. The molecule has 50 valence electrons. The van der Waals surface area contributed by atoms with E-state index in [0.717, 1.165) is 0 Å². The fourth-order valence-electron chi connectivity index (χ4n) is 0.687. The molecule has 1 heteroatoms. The molecule has 8 heavy (non-hydrogen) atoms. The van der Waals surface area contributed by atoms with Gasteiger partial charge in [0.2, 0.25) is 0 Å². The molecule has 1 atom stereocenters. The molecule has 0 unspecified atom stereocenters. The Bertz CT molecular complexity index is 50.3. The summed E-state index contributed by atoms with van der Waals surface area (Å²) in [6.07, 6.45) is 1.22. The first-order chi connectivity index (χ1) is 3.66.